The number of amides is 1. The van der Waals surface area contributed by atoms with Gasteiger partial charge in [0.2, 0.25) is 0 Å². The molecule has 2 heterocycles. The largest absolute Gasteiger partial charge is 0.443 e. The third-order valence-corrected chi connectivity index (χ3v) is 10.2. The van der Waals surface area contributed by atoms with Crippen molar-refractivity contribution in [3.8, 4) is 0 Å². The van der Waals surface area contributed by atoms with E-state index in [-0.39, 0.29) is 8.51 Å². The van der Waals surface area contributed by atoms with Crippen molar-refractivity contribution in [3.05, 3.63) is 17.0 Å². The molecule has 2 N–H and O–H groups in total. The van der Waals surface area contributed by atoms with Crippen LogP contribution in [-0.4, -0.2) is 52.1 Å². The van der Waals surface area contributed by atoms with Crippen molar-refractivity contribution in [2.75, 3.05) is 17.9 Å². The standard InChI is InChI=1S/C16H23ClNO7PS4/c1-16(2,3)25-15(19)18(10-26(20,21)22)30(23,24)14-8-13-12(29-14)7-11(28-13)9-27-6-4-5-17/h7-8H,4-6,9-10H2,1-3H3,(H2,20,21,22). The number of carbonyl (C=O) groups is 1. The Labute approximate surface area is 192 Å². The number of fused-ring (bicyclic) bond motifs is 1. The van der Waals surface area contributed by atoms with E-state index in [0.29, 0.717) is 5.88 Å². The van der Waals surface area contributed by atoms with Crippen molar-refractivity contribution in [1.82, 2.24) is 4.31 Å². The van der Waals surface area contributed by atoms with Gasteiger partial charge in [0.05, 0.1) is 0 Å². The molecule has 30 heavy (non-hydrogen) atoms. The molecule has 0 bridgehead atoms. The Bertz CT molecular complexity index is 1010. The number of halogens is 1. The van der Waals surface area contributed by atoms with Crippen molar-refractivity contribution in [2.24, 2.45) is 0 Å². The van der Waals surface area contributed by atoms with Gasteiger partial charge in [0, 0.05) is 25.9 Å². The van der Waals surface area contributed by atoms with Gasteiger partial charge in [0.15, 0.2) is 0 Å². The number of rotatable bonds is 9. The van der Waals surface area contributed by atoms with Crippen LogP contribution in [0.3, 0.4) is 0 Å². The number of thioether (sulfide) groups is 1. The summed E-state index contributed by atoms with van der Waals surface area (Å²) < 4.78 is 43.9. The lowest BCUT2D eigenvalue weighted by atomic mass is 10.2. The number of thiophene rings is 2. The molecule has 0 radical (unpaired) electrons. The second-order valence-corrected chi connectivity index (χ2v) is 14.7. The minimum Gasteiger partial charge on any atom is -0.443 e. The van der Waals surface area contributed by atoms with Crippen LogP contribution in [-0.2, 0) is 25.1 Å². The number of alkyl halides is 1. The van der Waals surface area contributed by atoms with Gasteiger partial charge in [-0.05, 0) is 45.1 Å². The minimum atomic E-state index is -4.86. The zero-order chi connectivity index (χ0) is 22.7. The first-order chi connectivity index (χ1) is 13.7. The topological polar surface area (TPSA) is 121 Å². The maximum absolute atomic E-state index is 13.0. The Morgan fingerprint density at radius 1 is 1.27 bits per heavy atom. The third kappa shape index (κ3) is 7.37. The molecular weight excluding hydrogens is 513 g/mol. The molecule has 170 valence electrons. The van der Waals surface area contributed by atoms with Gasteiger partial charge in [-0.2, -0.15) is 24.5 Å². The molecule has 1 amide bonds. The molecule has 14 heteroatoms. The monoisotopic (exact) mass is 535 g/mol. The second-order valence-electron chi connectivity index (χ2n) is 7.24. The Morgan fingerprint density at radius 3 is 2.43 bits per heavy atom. The Kier molecular flexibility index (Phi) is 8.71. The van der Waals surface area contributed by atoms with Crippen LogP contribution in [0.15, 0.2) is 16.3 Å². The molecule has 0 spiro atoms. The van der Waals surface area contributed by atoms with Gasteiger partial charge in [-0.1, -0.05) is 0 Å². The number of carbonyl (C=O) groups excluding carboxylic acids is 1. The molecule has 0 fully saturated rings. The van der Waals surface area contributed by atoms with Gasteiger partial charge >= 0.3 is 13.7 Å². The van der Waals surface area contributed by atoms with Gasteiger partial charge in [-0.3, -0.25) is 4.57 Å². The van der Waals surface area contributed by atoms with Crippen LogP contribution in [0.5, 0.6) is 0 Å². The number of nitrogens with zero attached hydrogens (tertiary/aromatic N) is 1. The van der Waals surface area contributed by atoms with Crippen LogP contribution in [0.1, 0.15) is 32.1 Å². The summed E-state index contributed by atoms with van der Waals surface area (Å²) in [5.74, 6) is 2.33. The Balaban J connectivity index is 2.30. The lowest BCUT2D eigenvalue weighted by molar-refractivity contribution is 0.0404. The molecule has 2 aromatic rings. The maximum Gasteiger partial charge on any atom is 0.424 e. The van der Waals surface area contributed by atoms with Crippen molar-refractivity contribution in [1.29, 1.82) is 0 Å². The van der Waals surface area contributed by atoms with E-state index in [2.05, 4.69) is 0 Å². The van der Waals surface area contributed by atoms with E-state index in [1.807, 2.05) is 6.07 Å². The highest BCUT2D eigenvalue weighted by atomic mass is 35.5. The van der Waals surface area contributed by atoms with Crippen LogP contribution in [0.2, 0.25) is 0 Å². The first kappa shape index (κ1) is 25.9. The molecule has 0 aliphatic rings. The lowest BCUT2D eigenvalue weighted by Gasteiger charge is -2.26. The molecule has 2 aromatic heterocycles. The second kappa shape index (κ2) is 10.1. The van der Waals surface area contributed by atoms with E-state index in [0.717, 1.165) is 43.5 Å². The molecule has 0 atom stereocenters. The van der Waals surface area contributed by atoms with Gasteiger partial charge in [0.1, 0.15) is 16.1 Å². The quantitative estimate of drug-likeness (QED) is 0.264. The normalized spacial score (nSPS) is 13.0. The fraction of sp³-hybridized carbons (Fsp3) is 0.562. The zero-order valence-corrected chi connectivity index (χ0v) is 21.4. The minimum absolute atomic E-state index is 0.108. The first-order valence-corrected chi connectivity index (χ1v) is 15.3. The average molecular weight is 536 g/mol. The smallest absolute Gasteiger partial charge is 0.424 e. The van der Waals surface area contributed by atoms with Crippen molar-refractivity contribution in [3.63, 3.8) is 0 Å². The number of hydrogen-bond donors (Lipinski definition) is 2. The molecule has 0 unspecified atom stereocenters. The van der Waals surface area contributed by atoms with Crippen LogP contribution in [0, 0.1) is 0 Å². The van der Waals surface area contributed by atoms with Gasteiger partial charge < -0.3 is 14.5 Å². The summed E-state index contributed by atoms with van der Waals surface area (Å²) in [4.78, 5) is 32.1. The predicted molar refractivity (Wildman–Crippen MR) is 123 cm³/mol. The van der Waals surface area contributed by atoms with E-state index < -0.39 is 35.6 Å². The van der Waals surface area contributed by atoms with Crippen LogP contribution in [0.25, 0.3) is 9.40 Å². The first-order valence-electron chi connectivity index (χ1n) is 8.69. The van der Waals surface area contributed by atoms with Gasteiger partial charge in [-0.15, -0.1) is 34.3 Å². The lowest BCUT2D eigenvalue weighted by Crippen LogP contribution is -2.41. The van der Waals surface area contributed by atoms with Crippen LogP contribution < -0.4 is 0 Å². The van der Waals surface area contributed by atoms with Crippen molar-refractivity contribution in [2.45, 2.75) is 42.8 Å². The third-order valence-electron chi connectivity index (χ3n) is 3.36. The van der Waals surface area contributed by atoms with E-state index in [4.69, 9.17) is 16.3 Å². The summed E-state index contributed by atoms with van der Waals surface area (Å²) in [6.07, 6.45) is -1.72. The molecule has 0 aliphatic carbocycles. The van der Waals surface area contributed by atoms with Crippen LogP contribution >= 0.6 is 53.6 Å². The fourth-order valence-corrected chi connectivity index (χ4v) is 8.98. The van der Waals surface area contributed by atoms with E-state index in [1.54, 1.807) is 11.8 Å². The predicted octanol–water partition coefficient (Wildman–Crippen LogP) is 4.89. The van der Waals surface area contributed by atoms with E-state index in [1.165, 1.54) is 38.2 Å². The molecular formula is C16H23ClNO7PS4. The summed E-state index contributed by atoms with van der Waals surface area (Å²) in [7, 11) is -9.37. The Hall–Kier alpha value is -0.330. The highest BCUT2D eigenvalue weighted by Gasteiger charge is 2.38. The summed E-state index contributed by atoms with van der Waals surface area (Å²) >= 11 is 9.79. The molecule has 0 saturated carbocycles. The maximum atomic E-state index is 13.0. The summed E-state index contributed by atoms with van der Waals surface area (Å²) in [5, 5.41) is 0. The van der Waals surface area contributed by atoms with Crippen LogP contribution in [0.4, 0.5) is 4.79 Å². The zero-order valence-electron chi connectivity index (χ0n) is 16.5. The van der Waals surface area contributed by atoms with Gasteiger partial charge in [-0.25, -0.2) is 4.79 Å². The van der Waals surface area contributed by atoms with E-state index in [9.17, 15) is 27.6 Å². The molecule has 0 aliphatic heterocycles. The number of hydrogen-bond acceptors (Lipinski definition) is 8. The molecule has 8 nitrogen and oxygen atoms in total. The average Bonchev–Trinajstić information content (AvgIpc) is 3.13. The summed E-state index contributed by atoms with van der Waals surface area (Å²) in [5.41, 5.74) is -1.04. The van der Waals surface area contributed by atoms with Crippen molar-refractivity contribution < 1.29 is 32.3 Å². The van der Waals surface area contributed by atoms with Crippen molar-refractivity contribution >= 4 is 79.1 Å². The summed E-state index contributed by atoms with van der Waals surface area (Å²) in [6.45, 7) is 4.59. The van der Waals surface area contributed by atoms with E-state index >= 15 is 0 Å². The molecule has 0 aromatic carbocycles. The highest BCUT2D eigenvalue weighted by molar-refractivity contribution is 7.98. The molecule has 2 rings (SSSR count). The van der Waals surface area contributed by atoms with Gasteiger partial charge in [0.25, 0.3) is 10.0 Å². The number of ether oxygens (including phenoxy) is 1. The molecule has 0 saturated heterocycles. The number of sulfonamides is 1. The SMILES string of the molecule is CC(C)(C)OC(=O)N(CP(=O)(O)O)S(=O)(=O)c1cc2sc(CSCCCCl)cc2s1. The summed E-state index contributed by atoms with van der Waals surface area (Å²) in [6, 6.07) is 3.31. The fourth-order valence-electron chi connectivity index (χ4n) is 2.21. The highest BCUT2D eigenvalue weighted by Crippen LogP contribution is 2.41. The Morgan fingerprint density at radius 2 is 1.90 bits per heavy atom.